The van der Waals surface area contributed by atoms with Gasteiger partial charge in [-0.1, -0.05) is 26.0 Å². The maximum atomic E-state index is 3.52. The van der Waals surface area contributed by atoms with E-state index in [-0.39, 0.29) is 0 Å². The van der Waals surface area contributed by atoms with Crippen LogP contribution >= 0.6 is 0 Å². The minimum atomic E-state index is 0.500. The molecular weight excluding hydrogens is 208 g/mol. The van der Waals surface area contributed by atoms with Gasteiger partial charge in [0.25, 0.3) is 0 Å². The number of rotatable bonds is 6. The molecule has 1 unspecified atom stereocenters. The molecule has 1 aromatic rings. The lowest BCUT2D eigenvalue weighted by atomic mass is 10.0. The van der Waals surface area contributed by atoms with Gasteiger partial charge in [-0.15, -0.1) is 0 Å². The van der Waals surface area contributed by atoms with Crippen LogP contribution in [0.25, 0.3) is 0 Å². The molecule has 2 heteroatoms. The molecule has 0 radical (unpaired) electrons. The van der Waals surface area contributed by atoms with Gasteiger partial charge < -0.3 is 10.2 Å². The van der Waals surface area contributed by atoms with Crippen LogP contribution in [0, 0.1) is 0 Å². The first-order valence-corrected chi connectivity index (χ1v) is 6.82. The first-order valence-electron chi connectivity index (χ1n) is 6.82. The summed E-state index contributed by atoms with van der Waals surface area (Å²) in [5, 5.41) is 3.52. The fourth-order valence-electron chi connectivity index (χ4n) is 2.36. The van der Waals surface area contributed by atoms with Crippen LogP contribution in [0.1, 0.15) is 44.7 Å². The minimum absolute atomic E-state index is 0.500. The molecule has 2 nitrogen and oxygen atoms in total. The summed E-state index contributed by atoms with van der Waals surface area (Å²) in [6.07, 6.45) is 3.85. The van der Waals surface area contributed by atoms with Crippen LogP contribution in [0.3, 0.4) is 0 Å². The van der Waals surface area contributed by atoms with Crippen molar-refractivity contribution in [2.24, 2.45) is 0 Å². The van der Waals surface area contributed by atoms with E-state index in [1.165, 1.54) is 24.1 Å². The molecule has 0 aromatic heterocycles. The van der Waals surface area contributed by atoms with Crippen LogP contribution in [-0.2, 0) is 0 Å². The molecule has 17 heavy (non-hydrogen) atoms. The summed E-state index contributed by atoms with van der Waals surface area (Å²) in [5.74, 6) is 0. The average Bonchev–Trinajstić information content (AvgIpc) is 3.19. The highest BCUT2D eigenvalue weighted by Crippen LogP contribution is 2.30. The van der Waals surface area contributed by atoms with Crippen LogP contribution in [0.5, 0.6) is 0 Å². The molecular formula is C15H24N2. The number of hydrogen-bond donors (Lipinski definition) is 1. The molecule has 1 atom stereocenters. The van der Waals surface area contributed by atoms with Gasteiger partial charge in [0.2, 0.25) is 0 Å². The molecule has 0 spiro atoms. The lowest BCUT2D eigenvalue weighted by Gasteiger charge is -2.21. The van der Waals surface area contributed by atoms with Crippen molar-refractivity contribution in [3.63, 3.8) is 0 Å². The van der Waals surface area contributed by atoms with Gasteiger partial charge in [0.15, 0.2) is 0 Å². The first-order chi connectivity index (χ1) is 8.26. The third-order valence-corrected chi connectivity index (χ3v) is 3.66. The molecule has 1 saturated carbocycles. The Labute approximate surface area is 105 Å². The summed E-state index contributed by atoms with van der Waals surface area (Å²) in [4.78, 5) is 2.40. The number of benzene rings is 1. The van der Waals surface area contributed by atoms with Gasteiger partial charge >= 0.3 is 0 Å². The molecule has 1 fully saturated rings. The monoisotopic (exact) mass is 232 g/mol. The summed E-state index contributed by atoms with van der Waals surface area (Å²) in [6.45, 7) is 5.43. The number of nitrogens with zero attached hydrogens (tertiary/aromatic N) is 1. The lowest BCUT2D eigenvalue weighted by Crippen LogP contribution is -2.21. The Hall–Kier alpha value is -1.02. The minimum Gasteiger partial charge on any atom is -0.372 e. The predicted octanol–water partition coefficient (Wildman–Crippen LogP) is 3.35. The van der Waals surface area contributed by atoms with Crippen LogP contribution < -0.4 is 10.2 Å². The molecule has 0 heterocycles. The highest BCUT2D eigenvalue weighted by atomic mass is 15.2. The zero-order valence-electron chi connectivity index (χ0n) is 11.2. The Morgan fingerprint density at radius 2 is 1.88 bits per heavy atom. The van der Waals surface area contributed by atoms with Crippen molar-refractivity contribution in [1.82, 2.24) is 5.32 Å². The van der Waals surface area contributed by atoms with Crippen molar-refractivity contribution >= 4 is 5.69 Å². The highest BCUT2D eigenvalue weighted by Gasteiger charge is 2.26. The van der Waals surface area contributed by atoms with E-state index in [1.54, 1.807) is 0 Å². The quantitative estimate of drug-likeness (QED) is 0.809. The summed E-state index contributed by atoms with van der Waals surface area (Å²) in [6, 6.07) is 10.3. The number of nitrogens with one attached hydrogen (secondary N) is 1. The van der Waals surface area contributed by atoms with E-state index in [0.717, 1.165) is 19.0 Å². The average molecular weight is 232 g/mol. The molecule has 1 aliphatic rings. The Morgan fingerprint density at radius 3 is 2.35 bits per heavy atom. The third-order valence-electron chi connectivity index (χ3n) is 3.66. The van der Waals surface area contributed by atoms with Crippen molar-refractivity contribution in [1.29, 1.82) is 0 Å². The van der Waals surface area contributed by atoms with Crippen molar-refractivity contribution in [2.75, 3.05) is 18.5 Å². The fourth-order valence-corrected chi connectivity index (χ4v) is 2.36. The van der Waals surface area contributed by atoms with E-state index in [2.05, 4.69) is 55.4 Å². The van der Waals surface area contributed by atoms with E-state index in [1.807, 2.05) is 0 Å². The normalized spacial score (nSPS) is 16.9. The highest BCUT2D eigenvalue weighted by molar-refractivity contribution is 5.49. The smallest absolute Gasteiger partial charge is 0.0366 e. The van der Waals surface area contributed by atoms with E-state index in [4.69, 9.17) is 0 Å². The van der Waals surface area contributed by atoms with Crippen LogP contribution in [0.4, 0.5) is 5.69 Å². The largest absolute Gasteiger partial charge is 0.372 e. The first kappa shape index (κ1) is 12.4. The van der Waals surface area contributed by atoms with Crippen LogP contribution in [-0.4, -0.2) is 19.6 Å². The molecule has 2 rings (SSSR count). The summed E-state index contributed by atoms with van der Waals surface area (Å²) in [7, 11) is 2.20. The third kappa shape index (κ3) is 3.01. The number of anilines is 1. The maximum Gasteiger partial charge on any atom is 0.0366 e. The topological polar surface area (TPSA) is 15.3 Å². The molecule has 1 aliphatic carbocycles. The molecule has 0 amide bonds. The van der Waals surface area contributed by atoms with Crippen LogP contribution in [0.15, 0.2) is 24.3 Å². The zero-order chi connectivity index (χ0) is 12.3. The van der Waals surface area contributed by atoms with Crippen LogP contribution in [0.2, 0.25) is 0 Å². The van der Waals surface area contributed by atoms with Gasteiger partial charge in [-0.2, -0.15) is 0 Å². The van der Waals surface area contributed by atoms with E-state index >= 15 is 0 Å². The molecule has 0 bridgehead atoms. The second kappa shape index (κ2) is 5.54. The fraction of sp³-hybridized carbons (Fsp3) is 0.600. The second-order valence-corrected chi connectivity index (χ2v) is 4.95. The summed E-state index contributed by atoms with van der Waals surface area (Å²) >= 11 is 0. The Balaban J connectivity index is 2.05. The lowest BCUT2D eigenvalue weighted by molar-refractivity contribution is 0.537. The summed E-state index contributed by atoms with van der Waals surface area (Å²) < 4.78 is 0. The predicted molar refractivity (Wildman–Crippen MR) is 74.6 cm³/mol. The van der Waals surface area contributed by atoms with E-state index in [0.29, 0.717) is 6.04 Å². The molecule has 0 saturated heterocycles. The van der Waals surface area contributed by atoms with Gasteiger partial charge in [-0.05, 0) is 43.5 Å². The van der Waals surface area contributed by atoms with E-state index < -0.39 is 0 Å². The van der Waals surface area contributed by atoms with Gasteiger partial charge in [0.05, 0.1) is 0 Å². The molecule has 0 aliphatic heterocycles. The number of hydrogen-bond acceptors (Lipinski definition) is 2. The molecule has 1 aromatic carbocycles. The Bertz CT molecular complexity index is 340. The van der Waals surface area contributed by atoms with Gasteiger partial charge in [-0.25, -0.2) is 0 Å². The van der Waals surface area contributed by atoms with Crippen molar-refractivity contribution < 1.29 is 0 Å². The standard InChI is InChI=1S/C15H24N2/c1-4-15(16-5-2)12-6-8-13(9-7-12)17(3)14-10-11-14/h6-9,14-16H,4-5,10-11H2,1-3H3. The maximum absolute atomic E-state index is 3.52. The SMILES string of the molecule is CCNC(CC)c1ccc(N(C)C2CC2)cc1. The molecule has 94 valence electrons. The van der Waals surface area contributed by atoms with Crippen molar-refractivity contribution in [3.05, 3.63) is 29.8 Å². The second-order valence-electron chi connectivity index (χ2n) is 4.95. The van der Waals surface area contributed by atoms with Gasteiger partial charge in [0.1, 0.15) is 0 Å². The Morgan fingerprint density at radius 1 is 1.24 bits per heavy atom. The Kier molecular flexibility index (Phi) is 4.06. The van der Waals surface area contributed by atoms with Crippen molar-refractivity contribution in [2.45, 2.75) is 45.2 Å². The van der Waals surface area contributed by atoms with Gasteiger partial charge in [0, 0.05) is 24.8 Å². The molecule has 1 N–H and O–H groups in total. The summed E-state index contributed by atoms with van der Waals surface area (Å²) in [5.41, 5.74) is 2.75. The van der Waals surface area contributed by atoms with Gasteiger partial charge in [-0.3, -0.25) is 0 Å². The van der Waals surface area contributed by atoms with E-state index in [9.17, 15) is 0 Å². The van der Waals surface area contributed by atoms with Crippen molar-refractivity contribution in [3.8, 4) is 0 Å². The zero-order valence-corrected chi connectivity index (χ0v) is 11.2.